The van der Waals surface area contributed by atoms with Crippen molar-refractivity contribution in [2.75, 3.05) is 14.2 Å². The van der Waals surface area contributed by atoms with Gasteiger partial charge in [0.05, 0.1) is 14.2 Å². The fourth-order valence-corrected chi connectivity index (χ4v) is 3.72. The maximum Gasteiger partial charge on any atom is 0.164 e. The molecule has 3 nitrogen and oxygen atoms in total. The molecule has 2 rings (SSSR count). The molecule has 0 unspecified atom stereocenters. The van der Waals surface area contributed by atoms with E-state index in [1.165, 1.54) is 11.1 Å². The number of aldehydes is 1. The van der Waals surface area contributed by atoms with Crippen LogP contribution in [-0.2, 0) is 4.79 Å². The summed E-state index contributed by atoms with van der Waals surface area (Å²) in [4.78, 5) is 10.9. The first-order chi connectivity index (χ1) is 10.0. The molecule has 1 aliphatic rings. The van der Waals surface area contributed by atoms with Gasteiger partial charge in [-0.15, -0.1) is 0 Å². The number of aryl methyl sites for hydroxylation is 1. The van der Waals surface area contributed by atoms with E-state index in [2.05, 4.69) is 26.8 Å². The molecule has 0 aromatic heterocycles. The second kappa shape index (κ2) is 6.50. The first kappa shape index (κ1) is 15.9. The summed E-state index contributed by atoms with van der Waals surface area (Å²) in [7, 11) is 3.40. The zero-order chi connectivity index (χ0) is 15.6. The molecule has 1 aliphatic carbocycles. The number of hydrogen-bond donors (Lipinski definition) is 0. The lowest BCUT2D eigenvalue weighted by Crippen LogP contribution is -2.20. The van der Waals surface area contributed by atoms with Gasteiger partial charge in [-0.3, -0.25) is 0 Å². The third-order valence-corrected chi connectivity index (χ3v) is 4.86. The zero-order valence-electron chi connectivity index (χ0n) is 13.7. The lowest BCUT2D eigenvalue weighted by atomic mass is 9.71. The summed E-state index contributed by atoms with van der Waals surface area (Å²) in [6, 6.07) is 2.23. The molecule has 0 heterocycles. The minimum Gasteiger partial charge on any atom is -0.493 e. The Bertz CT molecular complexity index is 522. The summed E-state index contributed by atoms with van der Waals surface area (Å²) in [5.41, 5.74) is 3.72. The molecule has 0 saturated heterocycles. The topological polar surface area (TPSA) is 35.5 Å². The molecule has 0 N–H and O–H groups in total. The number of ether oxygens (including phenoxy) is 2. The van der Waals surface area contributed by atoms with Crippen LogP contribution in [-0.4, -0.2) is 20.5 Å². The van der Waals surface area contributed by atoms with Gasteiger partial charge >= 0.3 is 0 Å². The molecule has 0 spiro atoms. The first-order valence-electron chi connectivity index (χ1n) is 7.74. The van der Waals surface area contributed by atoms with E-state index in [4.69, 9.17) is 9.47 Å². The summed E-state index contributed by atoms with van der Waals surface area (Å²) < 4.78 is 11.2. The number of rotatable bonds is 5. The van der Waals surface area contributed by atoms with E-state index in [-0.39, 0.29) is 0 Å². The fraction of sp³-hybridized carbons (Fsp3) is 0.611. The number of hydrogen-bond acceptors (Lipinski definition) is 3. The number of carbonyl (C=O) groups is 1. The van der Waals surface area contributed by atoms with E-state index in [9.17, 15) is 4.79 Å². The molecule has 116 valence electrons. The third kappa shape index (κ3) is 2.78. The monoisotopic (exact) mass is 290 g/mol. The highest BCUT2D eigenvalue weighted by atomic mass is 16.5. The van der Waals surface area contributed by atoms with Gasteiger partial charge in [0.2, 0.25) is 0 Å². The van der Waals surface area contributed by atoms with Crippen LogP contribution in [0.3, 0.4) is 0 Å². The Hall–Kier alpha value is -1.51. The Kier molecular flexibility index (Phi) is 4.92. The first-order valence-corrected chi connectivity index (χ1v) is 7.74. The van der Waals surface area contributed by atoms with Crippen LogP contribution in [0.2, 0.25) is 0 Å². The van der Waals surface area contributed by atoms with Gasteiger partial charge in [0, 0.05) is 12.0 Å². The summed E-state index contributed by atoms with van der Waals surface area (Å²) in [5.74, 6) is 2.98. The van der Waals surface area contributed by atoms with Gasteiger partial charge in [-0.2, -0.15) is 0 Å². The van der Waals surface area contributed by atoms with Crippen LogP contribution < -0.4 is 9.47 Å². The number of carbonyl (C=O) groups excluding carboxylic acids is 1. The van der Waals surface area contributed by atoms with E-state index in [0.29, 0.717) is 24.2 Å². The van der Waals surface area contributed by atoms with Gasteiger partial charge in [-0.25, -0.2) is 0 Å². The Morgan fingerprint density at radius 1 is 1.29 bits per heavy atom. The maximum atomic E-state index is 10.9. The van der Waals surface area contributed by atoms with Crippen molar-refractivity contribution >= 4 is 6.29 Å². The van der Waals surface area contributed by atoms with Crippen LogP contribution in [0.5, 0.6) is 11.5 Å². The minimum atomic E-state index is 0.367. The SMILES string of the molecule is COc1c(C)cc2c(c1OC)[C@@H](C)CC[C@@H]2[C@@H](C)CC=O. The summed E-state index contributed by atoms with van der Waals surface area (Å²) in [6.45, 7) is 6.48. The van der Waals surface area contributed by atoms with Crippen LogP contribution in [0.25, 0.3) is 0 Å². The highest BCUT2D eigenvalue weighted by Gasteiger charge is 2.32. The van der Waals surface area contributed by atoms with Gasteiger partial charge in [0.25, 0.3) is 0 Å². The second-order valence-corrected chi connectivity index (χ2v) is 6.23. The Morgan fingerprint density at radius 2 is 1.95 bits per heavy atom. The molecule has 0 saturated carbocycles. The second-order valence-electron chi connectivity index (χ2n) is 6.23. The quantitative estimate of drug-likeness (QED) is 0.762. The van der Waals surface area contributed by atoms with E-state index in [0.717, 1.165) is 36.2 Å². The van der Waals surface area contributed by atoms with Gasteiger partial charge in [0.15, 0.2) is 11.5 Å². The van der Waals surface area contributed by atoms with Crippen LogP contribution in [0.15, 0.2) is 6.07 Å². The molecule has 0 amide bonds. The molecule has 0 radical (unpaired) electrons. The summed E-state index contributed by atoms with van der Waals surface area (Å²) in [5, 5.41) is 0. The zero-order valence-corrected chi connectivity index (χ0v) is 13.7. The molecule has 3 atom stereocenters. The average molecular weight is 290 g/mol. The molecular weight excluding hydrogens is 264 g/mol. The van der Waals surface area contributed by atoms with Gasteiger partial charge < -0.3 is 14.3 Å². The Labute approximate surface area is 127 Å². The van der Waals surface area contributed by atoms with Crippen molar-refractivity contribution in [2.24, 2.45) is 5.92 Å². The van der Waals surface area contributed by atoms with Gasteiger partial charge in [-0.1, -0.05) is 19.9 Å². The maximum absolute atomic E-state index is 10.9. The van der Waals surface area contributed by atoms with Crippen molar-refractivity contribution in [3.05, 3.63) is 22.8 Å². The van der Waals surface area contributed by atoms with Crippen LogP contribution in [0, 0.1) is 12.8 Å². The molecule has 3 heteroatoms. The predicted molar refractivity (Wildman–Crippen MR) is 84.5 cm³/mol. The number of benzene rings is 1. The van der Waals surface area contributed by atoms with Crippen molar-refractivity contribution in [3.63, 3.8) is 0 Å². The number of methoxy groups -OCH3 is 2. The van der Waals surface area contributed by atoms with Crippen molar-refractivity contribution in [1.82, 2.24) is 0 Å². The van der Waals surface area contributed by atoms with Crippen molar-refractivity contribution in [3.8, 4) is 11.5 Å². The van der Waals surface area contributed by atoms with E-state index in [1.807, 2.05) is 0 Å². The van der Waals surface area contributed by atoms with E-state index >= 15 is 0 Å². The smallest absolute Gasteiger partial charge is 0.164 e. The molecule has 0 aliphatic heterocycles. The average Bonchev–Trinajstić information content (AvgIpc) is 2.46. The van der Waals surface area contributed by atoms with Crippen molar-refractivity contribution < 1.29 is 14.3 Å². The van der Waals surface area contributed by atoms with E-state index < -0.39 is 0 Å². The third-order valence-electron chi connectivity index (χ3n) is 4.86. The molecular formula is C18H26O3. The standard InChI is InChI=1S/C18H26O3/c1-11(8-9-19)14-7-6-12(2)16-15(14)10-13(3)17(20-4)18(16)21-5/h9-12,14H,6-8H2,1-5H3/t11-,12-,14+/m0/s1. The molecule has 1 aromatic rings. The highest BCUT2D eigenvalue weighted by molar-refractivity contribution is 5.59. The minimum absolute atomic E-state index is 0.367. The van der Waals surface area contributed by atoms with Crippen molar-refractivity contribution in [2.45, 2.75) is 51.9 Å². The summed E-state index contributed by atoms with van der Waals surface area (Å²) >= 11 is 0. The summed E-state index contributed by atoms with van der Waals surface area (Å²) in [6.07, 6.45) is 3.92. The van der Waals surface area contributed by atoms with Gasteiger partial charge in [-0.05, 0) is 48.6 Å². The van der Waals surface area contributed by atoms with Gasteiger partial charge in [0.1, 0.15) is 6.29 Å². The lowest BCUT2D eigenvalue weighted by molar-refractivity contribution is -0.108. The van der Waals surface area contributed by atoms with Crippen LogP contribution >= 0.6 is 0 Å². The van der Waals surface area contributed by atoms with Crippen molar-refractivity contribution in [1.29, 1.82) is 0 Å². The highest BCUT2D eigenvalue weighted by Crippen LogP contribution is 2.50. The fourth-order valence-electron chi connectivity index (χ4n) is 3.72. The van der Waals surface area contributed by atoms with Crippen LogP contribution in [0.4, 0.5) is 0 Å². The number of fused-ring (bicyclic) bond motifs is 1. The predicted octanol–water partition coefficient (Wildman–Crippen LogP) is 4.22. The molecule has 0 fully saturated rings. The van der Waals surface area contributed by atoms with E-state index in [1.54, 1.807) is 14.2 Å². The molecule has 21 heavy (non-hydrogen) atoms. The van der Waals surface area contributed by atoms with Crippen LogP contribution in [0.1, 0.15) is 61.6 Å². The normalized spacial score (nSPS) is 22.3. The Balaban J connectivity index is 2.59. The Morgan fingerprint density at radius 3 is 2.52 bits per heavy atom. The molecule has 0 bridgehead atoms. The largest absolute Gasteiger partial charge is 0.493 e. The lowest BCUT2D eigenvalue weighted by Gasteiger charge is -2.35. The molecule has 1 aromatic carbocycles.